The lowest BCUT2D eigenvalue weighted by atomic mass is 10.0. The predicted octanol–water partition coefficient (Wildman–Crippen LogP) is 3.61. The van der Waals surface area contributed by atoms with Gasteiger partial charge in [-0.2, -0.15) is 0 Å². The summed E-state index contributed by atoms with van der Waals surface area (Å²) in [4.78, 5) is 27.9. The maximum Gasteiger partial charge on any atom is 0.251 e. The van der Waals surface area contributed by atoms with E-state index >= 15 is 0 Å². The molecule has 0 aliphatic carbocycles. The average Bonchev–Trinajstić information content (AvgIpc) is 2.97. The fourth-order valence-corrected chi connectivity index (χ4v) is 3.39. The van der Waals surface area contributed by atoms with Gasteiger partial charge >= 0.3 is 0 Å². The summed E-state index contributed by atoms with van der Waals surface area (Å²) in [5.41, 5.74) is 1.48. The van der Waals surface area contributed by atoms with Crippen LogP contribution in [-0.4, -0.2) is 29.8 Å². The summed E-state index contributed by atoms with van der Waals surface area (Å²) in [6, 6.07) is 6.66. The lowest BCUT2D eigenvalue weighted by Crippen LogP contribution is -2.50. The van der Waals surface area contributed by atoms with Crippen molar-refractivity contribution < 1.29 is 14.0 Å². The van der Waals surface area contributed by atoms with Crippen LogP contribution in [0.2, 0.25) is 0 Å². The topological polar surface area (TPSA) is 49.4 Å². The molecule has 0 spiro atoms. The van der Waals surface area contributed by atoms with Crippen molar-refractivity contribution in [2.75, 3.05) is 7.05 Å². The van der Waals surface area contributed by atoms with Gasteiger partial charge in [0, 0.05) is 17.5 Å². The smallest absolute Gasteiger partial charge is 0.251 e. The quantitative estimate of drug-likeness (QED) is 0.853. The standard InChI is InChI=1S/C19H23FN2O2S/c1-12(2)17(21-18(23)14-5-7-15(20)8-6-14)19(24)22(4)11-16-13(3)9-10-25-16/h5-10,12,17H,11H2,1-4H3,(H,21,23). The molecule has 1 atom stereocenters. The van der Waals surface area contributed by atoms with Crippen molar-refractivity contribution >= 4 is 23.2 Å². The van der Waals surface area contributed by atoms with Gasteiger partial charge in [-0.3, -0.25) is 9.59 Å². The van der Waals surface area contributed by atoms with Gasteiger partial charge < -0.3 is 10.2 Å². The third-order valence-corrected chi connectivity index (χ3v) is 5.06. The largest absolute Gasteiger partial charge is 0.340 e. The molecule has 0 fully saturated rings. The predicted molar refractivity (Wildman–Crippen MR) is 98.0 cm³/mol. The number of nitrogens with one attached hydrogen (secondary N) is 1. The van der Waals surface area contributed by atoms with E-state index in [0.29, 0.717) is 12.1 Å². The highest BCUT2D eigenvalue weighted by molar-refractivity contribution is 7.10. The van der Waals surface area contributed by atoms with E-state index in [1.54, 1.807) is 23.3 Å². The zero-order valence-electron chi connectivity index (χ0n) is 14.9. The van der Waals surface area contributed by atoms with Crippen molar-refractivity contribution in [1.82, 2.24) is 10.2 Å². The summed E-state index contributed by atoms with van der Waals surface area (Å²) in [5, 5.41) is 4.78. The number of rotatable bonds is 6. The molecular weight excluding hydrogens is 339 g/mol. The Labute approximate surface area is 151 Å². The second-order valence-electron chi connectivity index (χ2n) is 6.42. The highest BCUT2D eigenvalue weighted by Crippen LogP contribution is 2.18. The molecule has 1 heterocycles. The van der Waals surface area contributed by atoms with Gasteiger partial charge in [0.25, 0.3) is 5.91 Å². The van der Waals surface area contributed by atoms with Gasteiger partial charge in [-0.05, 0) is 54.1 Å². The number of likely N-dealkylation sites (N-methyl/N-ethyl adjacent to an activating group) is 1. The molecule has 2 rings (SSSR count). The van der Waals surface area contributed by atoms with E-state index in [1.807, 2.05) is 32.2 Å². The minimum absolute atomic E-state index is 0.0659. The zero-order valence-corrected chi connectivity index (χ0v) is 15.7. The normalized spacial score (nSPS) is 12.1. The van der Waals surface area contributed by atoms with Gasteiger partial charge in [-0.25, -0.2) is 4.39 Å². The summed E-state index contributed by atoms with van der Waals surface area (Å²) >= 11 is 1.61. The Bertz CT molecular complexity index is 740. The monoisotopic (exact) mass is 362 g/mol. The first-order chi connectivity index (χ1) is 11.8. The summed E-state index contributed by atoms with van der Waals surface area (Å²) < 4.78 is 13.0. The molecule has 1 unspecified atom stereocenters. The number of thiophene rings is 1. The third kappa shape index (κ3) is 4.89. The number of benzene rings is 1. The second kappa shape index (κ2) is 8.25. The molecule has 134 valence electrons. The van der Waals surface area contributed by atoms with Crippen LogP contribution in [0.5, 0.6) is 0 Å². The number of halogens is 1. The van der Waals surface area contributed by atoms with Crippen LogP contribution in [0.15, 0.2) is 35.7 Å². The minimum atomic E-state index is -0.636. The van der Waals surface area contributed by atoms with E-state index in [2.05, 4.69) is 5.32 Å². The van der Waals surface area contributed by atoms with Crippen molar-refractivity contribution in [2.45, 2.75) is 33.4 Å². The highest BCUT2D eigenvalue weighted by atomic mass is 32.1. The van der Waals surface area contributed by atoms with Crippen molar-refractivity contribution in [3.8, 4) is 0 Å². The Morgan fingerprint density at radius 1 is 1.20 bits per heavy atom. The van der Waals surface area contributed by atoms with Crippen LogP contribution in [0.1, 0.15) is 34.6 Å². The first-order valence-corrected chi connectivity index (χ1v) is 9.02. The van der Waals surface area contributed by atoms with Crippen molar-refractivity contribution in [2.24, 2.45) is 5.92 Å². The molecule has 2 aromatic rings. The minimum Gasteiger partial charge on any atom is -0.340 e. The summed E-state index contributed by atoms with van der Waals surface area (Å²) in [5.74, 6) is -0.992. The van der Waals surface area contributed by atoms with Crippen LogP contribution in [0, 0.1) is 18.7 Å². The Kier molecular flexibility index (Phi) is 6.31. The molecule has 4 nitrogen and oxygen atoms in total. The van der Waals surface area contributed by atoms with E-state index in [-0.39, 0.29) is 17.7 Å². The molecule has 0 saturated carbocycles. The molecule has 6 heteroatoms. The Hall–Kier alpha value is -2.21. The van der Waals surface area contributed by atoms with Crippen molar-refractivity contribution in [3.63, 3.8) is 0 Å². The van der Waals surface area contributed by atoms with Gasteiger partial charge in [0.05, 0.1) is 6.54 Å². The average molecular weight is 362 g/mol. The van der Waals surface area contributed by atoms with Crippen LogP contribution >= 0.6 is 11.3 Å². The molecule has 0 bridgehead atoms. The van der Waals surface area contributed by atoms with Crippen LogP contribution in [0.4, 0.5) is 4.39 Å². The second-order valence-corrected chi connectivity index (χ2v) is 7.42. The van der Waals surface area contributed by atoms with E-state index in [4.69, 9.17) is 0 Å². The van der Waals surface area contributed by atoms with Gasteiger partial charge in [0.15, 0.2) is 0 Å². The molecule has 0 saturated heterocycles. The molecule has 1 aromatic carbocycles. The Balaban J connectivity index is 2.08. The fraction of sp³-hybridized carbons (Fsp3) is 0.368. The number of hydrogen-bond acceptors (Lipinski definition) is 3. The number of nitrogens with zero attached hydrogens (tertiary/aromatic N) is 1. The first kappa shape index (κ1) is 19.1. The lowest BCUT2D eigenvalue weighted by molar-refractivity contribution is -0.133. The van der Waals surface area contributed by atoms with E-state index < -0.39 is 11.9 Å². The zero-order chi connectivity index (χ0) is 18.6. The highest BCUT2D eigenvalue weighted by Gasteiger charge is 2.27. The van der Waals surface area contributed by atoms with E-state index in [1.165, 1.54) is 24.3 Å². The molecule has 0 radical (unpaired) electrons. The van der Waals surface area contributed by atoms with E-state index in [9.17, 15) is 14.0 Å². The summed E-state index contributed by atoms with van der Waals surface area (Å²) in [6.45, 7) is 6.30. The van der Waals surface area contributed by atoms with Crippen molar-refractivity contribution in [3.05, 3.63) is 57.5 Å². The van der Waals surface area contributed by atoms with Crippen LogP contribution < -0.4 is 5.32 Å². The molecule has 1 aromatic heterocycles. The molecule has 1 N–H and O–H groups in total. The molecule has 2 amide bonds. The molecular formula is C19H23FN2O2S. The number of hydrogen-bond donors (Lipinski definition) is 1. The van der Waals surface area contributed by atoms with Crippen LogP contribution in [-0.2, 0) is 11.3 Å². The van der Waals surface area contributed by atoms with Gasteiger partial charge in [0.1, 0.15) is 11.9 Å². The van der Waals surface area contributed by atoms with Crippen molar-refractivity contribution in [1.29, 1.82) is 0 Å². The molecule has 0 aliphatic heterocycles. The number of carbonyl (C=O) groups excluding carboxylic acids is 2. The van der Waals surface area contributed by atoms with Gasteiger partial charge in [-0.1, -0.05) is 13.8 Å². The van der Waals surface area contributed by atoms with Gasteiger partial charge in [-0.15, -0.1) is 11.3 Å². The Morgan fingerprint density at radius 3 is 2.36 bits per heavy atom. The molecule has 0 aliphatic rings. The lowest BCUT2D eigenvalue weighted by Gasteiger charge is -2.27. The third-order valence-electron chi connectivity index (χ3n) is 4.05. The Morgan fingerprint density at radius 2 is 1.84 bits per heavy atom. The fourth-order valence-electron chi connectivity index (χ4n) is 2.44. The number of carbonyl (C=O) groups is 2. The van der Waals surface area contributed by atoms with Crippen LogP contribution in [0.3, 0.4) is 0 Å². The summed E-state index contributed by atoms with van der Waals surface area (Å²) in [6.07, 6.45) is 0. The van der Waals surface area contributed by atoms with Gasteiger partial charge in [0.2, 0.25) is 5.91 Å². The van der Waals surface area contributed by atoms with Crippen LogP contribution in [0.25, 0.3) is 0 Å². The molecule has 25 heavy (non-hydrogen) atoms. The summed E-state index contributed by atoms with van der Waals surface area (Å²) in [7, 11) is 1.74. The maximum atomic E-state index is 13.0. The SMILES string of the molecule is Cc1ccsc1CN(C)C(=O)C(NC(=O)c1ccc(F)cc1)C(C)C. The maximum absolute atomic E-state index is 13.0. The first-order valence-electron chi connectivity index (χ1n) is 8.14. The van der Waals surface area contributed by atoms with E-state index in [0.717, 1.165) is 10.4 Å². The number of amides is 2. The number of aryl methyl sites for hydroxylation is 1.